The van der Waals surface area contributed by atoms with Crippen LogP contribution in [-0.4, -0.2) is 19.9 Å². The van der Waals surface area contributed by atoms with E-state index in [-0.39, 0.29) is 0 Å². The molecule has 0 saturated heterocycles. The van der Waals surface area contributed by atoms with Gasteiger partial charge in [-0.2, -0.15) is 0 Å². The van der Waals surface area contributed by atoms with Gasteiger partial charge in [-0.15, -0.1) is 0 Å². The van der Waals surface area contributed by atoms with Gasteiger partial charge in [0.15, 0.2) is 0 Å². The molecule has 2 heterocycles. The van der Waals surface area contributed by atoms with E-state index < -0.39 is 0 Å². The number of fused-ring (bicyclic) bond motifs is 2. The first-order valence-corrected chi connectivity index (χ1v) is 11.0. The number of rotatable bonds is 2. The molecule has 160 valence electrons. The van der Waals surface area contributed by atoms with E-state index in [4.69, 9.17) is 19.9 Å². The van der Waals surface area contributed by atoms with Gasteiger partial charge in [0.2, 0.25) is 0 Å². The first-order chi connectivity index (χ1) is 14.5. The van der Waals surface area contributed by atoms with E-state index in [1.807, 2.05) is 27.7 Å². The van der Waals surface area contributed by atoms with Gasteiger partial charge in [-0.25, -0.2) is 19.9 Å². The minimum absolute atomic E-state index is 0.779. The van der Waals surface area contributed by atoms with Crippen LogP contribution in [0.2, 0.25) is 0 Å². The Morgan fingerprint density at radius 3 is 0.968 bits per heavy atom. The summed E-state index contributed by atoms with van der Waals surface area (Å²) in [6.07, 6.45) is 0.779. The molecule has 0 saturated carbocycles. The fourth-order valence-electron chi connectivity index (χ4n) is 4.48. The van der Waals surface area contributed by atoms with E-state index in [9.17, 15) is 0 Å². The molecule has 0 radical (unpaired) electrons. The average Bonchev–Trinajstić information content (AvgIpc) is 2.73. The molecule has 0 N–H and O–H groups in total. The zero-order valence-electron chi connectivity index (χ0n) is 20.5. The van der Waals surface area contributed by atoms with Crippen molar-refractivity contribution in [3.05, 3.63) is 67.3 Å². The largest absolute Gasteiger partial charge is 0.249 e. The average molecular weight is 413 g/mol. The molecule has 0 bridgehead atoms. The molecule has 0 aliphatic carbocycles. The fraction of sp³-hybridized carbons (Fsp3) is 0.407. The Bertz CT molecular complexity index is 1290. The van der Waals surface area contributed by atoms with Crippen LogP contribution in [0.5, 0.6) is 0 Å². The molecule has 2 aromatic carbocycles. The summed E-state index contributed by atoms with van der Waals surface area (Å²) in [5.41, 5.74) is 18.2. The van der Waals surface area contributed by atoms with Crippen LogP contribution in [0.4, 0.5) is 0 Å². The highest BCUT2D eigenvalue weighted by Crippen LogP contribution is 2.34. The molecular weight excluding hydrogens is 380 g/mol. The molecular formula is C27H32N4. The van der Waals surface area contributed by atoms with Gasteiger partial charge in [0, 0.05) is 6.42 Å². The first kappa shape index (κ1) is 21.4. The smallest absolute Gasteiger partial charge is 0.0931 e. The van der Waals surface area contributed by atoms with Crippen molar-refractivity contribution in [2.75, 3.05) is 0 Å². The minimum atomic E-state index is 0.779. The van der Waals surface area contributed by atoms with Crippen LogP contribution in [0.15, 0.2) is 0 Å². The molecule has 0 unspecified atom stereocenters. The Balaban J connectivity index is 2.09. The van der Waals surface area contributed by atoms with E-state index in [0.717, 1.165) is 51.3 Å². The van der Waals surface area contributed by atoms with Gasteiger partial charge in [0.1, 0.15) is 0 Å². The van der Waals surface area contributed by atoms with Gasteiger partial charge in [0.05, 0.1) is 44.8 Å². The van der Waals surface area contributed by atoms with Crippen molar-refractivity contribution in [1.29, 1.82) is 0 Å². The Hall–Kier alpha value is -2.88. The summed E-state index contributed by atoms with van der Waals surface area (Å²) in [7, 11) is 0. The maximum Gasteiger partial charge on any atom is 0.0931 e. The SMILES string of the molecule is Cc1nc2c(C)c(C)c(C)c(Cc3c(C)c(C)c(C)c4nc(C)c(C)nc34)c2nc1C. The number of benzene rings is 2. The quantitative estimate of drug-likeness (QED) is 0.390. The molecule has 0 aliphatic rings. The van der Waals surface area contributed by atoms with Gasteiger partial charge in [-0.05, 0) is 114 Å². The Labute approximate surface area is 185 Å². The second-order valence-electron chi connectivity index (χ2n) is 9.07. The molecule has 4 rings (SSSR count). The molecule has 0 fully saturated rings. The van der Waals surface area contributed by atoms with E-state index in [2.05, 4.69) is 41.5 Å². The van der Waals surface area contributed by atoms with Gasteiger partial charge < -0.3 is 0 Å². The number of nitrogens with zero attached hydrogens (tertiary/aromatic N) is 4. The lowest BCUT2D eigenvalue weighted by atomic mass is 9.88. The zero-order chi connectivity index (χ0) is 22.8. The summed E-state index contributed by atoms with van der Waals surface area (Å²) in [6.45, 7) is 21.3. The molecule has 0 atom stereocenters. The summed E-state index contributed by atoms with van der Waals surface area (Å²) < 4.78 is 0. The lowest BCUT2D eigenvalue weighted by Crippen LogP contribution is -2.08. The molecule has 0 aliphatic heterocycles. The number of hydrogen-bond acceptors (Lipinski definition) is 4. The molecule has 31 heavy (non-hydrogen) atoms. The summed E-state index contributed by atoms with van der Waals surface area (Å²) in [4.78, 5) is 19.9. The third kappa shape index (κ3) is 3.20. The highest BCUT2D eigenvalue weighted by Gasteiger charge is 2.20. The van der Waals surface area contributed by atoms with E-state index in [1.54, 1.807) is 0 Å². The van der Waals surface area contributed by atoms with Crippen molar-refractivity contribution in [3.8, 4) is 0 Å². The van der Waals surface area contributed by atoms with Gasteiger partial charge >= 0.3 is 0 Å². The molecule has 4 nitrogen and oxygen atoms in total. The maximum atomic E-state index is 5.02. The van der Waals surface area contributed by atoms with E-state index >= 15 is 0 Å². The third-order valence-corrected chi connectivity index (χ3v) is 7.40. The van der Waals surface area contributed by atoms with Crippen molar-refractivity contribution in [2.24, 2.45) is 0 Å². The molecule has 2 aromatic heterocycles. The normalized spacial score (nSPS) is 11.7. The van der Waals surface area contributed by atoms with Crippen LogP contribution >= 0.6 is 0 Å². The number of aromatic nitrogens is 4. The molecule has 4 heteroatoms. The standard InChI is InChI=1S/C27H32N4/c1-12-14(3)22(26-24(16(12)5)28-18(7)20(9)30-26)11-23-15(4)13(2)17(6)25-27(23)31-21(10)19(8)29-25/h11H2,1-10H3. The minimum Gasteiger partial charge on any atom is -0.249 e. The Kier molecular flexibility index (Phi) is 5.07. The van der Waals surface area contributed by atoms with Crippen molar-refractivity contribution in [3.63, 3.8) is 0 Å². The Morgan fingerprint density at radius 2 is 0.645 bits per heavy atom. The third-order valence-electron chi connectivity index (χ3n) is 7.40. The number of aryl methyl sites for hydroxylation is 6. The monoisotopic (exact) mass is 412 g/mol. The summed E-state index contributed by atoms with van der Waals surface area (Å²) in [5, 5.41) is 0. The van der Waals surface area contributed by atoms with Crippen molar-refractivity contribution in [1.82, 2.24) is 19.9 Å². The number of hydrogen-bond donors (Lipinski definition) is 0. The Morgan fingerprint density at radius 1 is 0.355 bits per heavy atom. The second kappa shape index (κ2) is 7.37. The lowest BCUT2D eigenvalue weighted by molar-refractivity contribution is 1.04. The molecule has 0 spiro atoms. The summed E-state index contributed by atoms with van der Waals surface area (Å²) in [6, 6.07) is 0. The van der Waals surface area contributed by atoms with Crippen molar-refractivity contribution >= 4 is 22.1 Å². The molecule has 4 aromatic rings. The van der Waals surface area contributed by atoms with Crippen LogP contribution in [0.1, 0.15) is 67.3 Å². The second-order valence-corrected chi connectivity index (χ2v) is 9.07. The predicted molar refractivity (Wildman–Crippen MR) is 129 cm³/mol. The van der Waals surface area contributed by atoms with Crippen molar-refractivity contribution in [2.45, 2.75) is 75.7 Å². The van der Waals surface area contributed by atoms with Crippen LogP contribution in [-0.2, 0) is 6.42 Å². The van der Waals surface area contributed by atoms with Crippen LogP contribution < -0.4 is 0 Å². The highest BCUT2D eigenvalue weighted by molar-refractivity contribution is 5.88. The summed E-state index contributed by atoms with van der Waals surface area (Å²) >= 11 is 0. The van der Waals surface area contributed by atoms with Crippen LogP contribution in [0, 0.1) is 69.2 Å². The van der Waals surface area contributed by atoms with E-state index in [1.165, 1.54) is 44.5 Å². The van der Waals surface area contributed by atoms with E-state index in [0.29, 0.717) is 0 Å². The van der Waals surface area contributed by atoms with Gasteiger partial charge in [0.25, 0.3) is 0 Å². The topological polar surface area (TPSA) is 51.6 Å². The van der Waals surface area contributed by atoms with Crippen LogP contribution in [0.3, 0.4) is 0 Å². The molecule has 0 amide bonds. The fourth-order valence-corrected chi connectivity index (χ4v) is 4.48. The summed E-state index contributed by atoms with van der Waals surface area (Å²) in [5.74, 6) is 0. The van der Waals surface area contributed by atoms with Crippen molar-refractivity contribution < 1.29 is 0 Å². The van der Waals surface area contributed by atoms with Crippen LogP contribution in [0.25, 0.3) is 22.1 Å². The first-order valence-electron chi connectivity index (χ1n) is 11.0. The highest BCUT2D eigenvalue weighted by atomic mass is 14.8. The zero-order valence-corrected chi connectivity index (χ0v) is 20.5. The van der Waals surface area contributed by atoms with Gasteiger partial charge in [-0.1, -0.05) is 0 Å². The predicted octanol–water partition coefficient (Wildman–Crippen LogP) is 6.25. The van der Waals surface area contributed by atoms with Gasteiger partial charge in [-0.3, -0.25) is 0 Å². The lowest BCUT2D eigenvalue weighted by Gasteiger charge is -2.20. The maximum absolute atomic E-state index is 5.02.